The molecule has 3 heteroatoms. The molecule has 0 radical (unpaired) electrons. The van der Waals surface area contributed by atoms with E-state index in [0.29, 0.717) is 10.9 Å². The predicted molar refractivity (Wildman–Crippen MR) is 65.4 cm³/mol. The number of halogens is 2. The molecule has 0 aromatic heterocycles. The molecule has 0 bridgehead atoms. The number of hydrogen-bond acceptors (Lipinski definition) is 1. The van der Waals surface area contributed by atoms with Crippen molar-refractivity contribution in [2.45, 2.75) is 26.2 Å². The van der Waals surface area contributed by atoms with E-state index >= 15 is 0 Å². The summed E-state index contributed by atoms with van der Waals surface area (Å²) >= 11 is 5.98. The smallest absolute Gasteiger partial charge is 0.124 e. The van der Waals surface area contributed by atoms with Gasteiger partial charge in [0.05, 0.1) is 0 Å². The molecule has 0 unspecified atom stereocenters. The summed E-state index contributed by atoms with van der Waals surface area (Å²) in [5.74, 6) is 0.442. The molecule has 0 amide bonds. The van der Waals surface area contributed by atoms with E-state index in [0.717, 1.165) is 30.6 Å². The van der Waals surface area contributed by atoms with Gasteiger partial charge in [-0.3, -0.25) is 0 Å². The zero-order chi connectivity index (χ0) is 11.5. The van der Waals surface area contributed by atoms with Gasteiger partial charge in [-0.2, -0.15) is 0 Å². The molecule has 1 aromatic rings. The molecule has 16 heavy (non-hydrogen) atoms. The van der Waals surface area contributed by atoms with Gasteiger partial charge in [-0.25, -0.2) is 4.39 Å². The minimum atomic E-state index is -0.223. The first kappa shape index (κ1) is 11.9. The maximum absolute atomic E-state index is 13.3. The van der Waals surface area contributed by atoms with E-state index in [-0.39, 0.29) is 5.82 Å². The average molecular weight is 242 g/mol. The summed E-state index contributed by atoms with van der Waals surface area (Å²) in [5.41, 5.74) is 2.10. The highest BCUT2D eigenvalue weighted by Crippen LogP contribution is 2.25. The first-order valence-corrected chi connectivity index (χ1v) is 6.20. The predicted octanol–water partition coefficient (Wildman–Crippen LogP) is 3.33. The maximum Gasteiger partial charge on any atom is 0.124 e. The molecule has 1 aromatic carbocycles. The number of hydrogen-bond donors (Lipinski definition) is 1. The molecule has 1 fully saturated rings. The van der Waals surface area contributed by atoms with Crippen molar-refractivity contribution in [1.29, 1.82) is 0 Å². The minimum absolute atomic E-state index is 0.223. The molecule has 0 aliphatic carbocycles. The SMILES string of the molecule is Cc1c(Cl)cc(F)cc1CC1CCNCC1. The van der Waals surface area contributed by atoms with Gasteiger partial charge in [0.15, 0.2) is 0 Å². The minimum Gasteiger partial charge on any atom is -0.317 e. The third-order valence-corrected chi connectivity index (χ3v) is 3.78. The lowest BCUT2D eigenvalue weighted by molar-refractivity contribution is 0.372. The Morgan fingerprint density at radius 1 is 1.38 bits per heavy atom. The van der Waals surface area contributed by atoms with Gasteiger partial charge >= 0.3 is 0 Å². The van der Waals surface area contributed by atoms with Crippen LogP contribution in [0.2, 0.25) is 5.02 Å². The standard InChI is InChI=1S/C13H17ClFN/c1-9-11(7-12(15)8-13(9)14)6-10-2-4-16-5-3-10/h7-8,10,16H,2-6H2,1H3. The van der Waals surface area contributed by atoms with Crippen molar-refractivity contribution in [2.24, 2.45) is 5.92 Å². The fourth-order valence-corrected chi connectivity index (χ4v) is 2.53. The van der Waals surface area contributed by atoms with E-state index in [9.17, 15) is 4.39 Å². The zero-order valence-corrected chi connectivity index (χ0v) is 10.3. The van der Waals surface area contributed by atoms with Gasteiger partial charge in [0.1, 0.15) is 5.82 Å². The number of rotatable bonds is 2. The van der Waals surface area contributed by atoms with Crippen LogP contribution in [0.3, 0.4) is 0 Å². The van der Waals surface area contributed by atoms with E-state index in [1.54, 1.807) is 6.07 Å². The third kappa shape index (κ3) is 2.74. The van der Waals surface area contributed by atoms with E-state index < -0.39 is 0 Å². The summed E-state index contributed by atoms with van der Waals surface area (Å²) in [6.45, 7) is 4.12. The molecule has 1 aliphatic heterocycles. The lowest BCUT2D eigenvalue weighted by Gasteiger charge is -2.23. The van der Waals surface area contributed by atoms with Gasteiger partial charge in [-0.1, -0.05) is 11.6 Å². The van der Waals surface area contributed by atoms with Crippen LogP contribution in [0.15, 0.2) is 12.1 Å². The molecule has 0 atom stereocenters. The van der Waals surface area contributed by atoms with Gasteiger partial charge in [0.2, 0.25) is 0 Å². The lowest BCUT2D eigenvalue weighted by Crippen LogP contribution is -2.28. The zero-order valence-electron chi connectivity index (χ0n) is 9.52. The van der Waals surface area contributed by atoms with Gasteiger partial charge < -0.3 is 5.32 Å². The summed E-state index contributed by atoms with van der Waals surface area (Å²) in [5, 5.41) is 3.88. The average Bonchev–Trinajstić information content (AvgIpc) is 2.27. The van der Waals surface area contributed by atoms with Crippen LogP contribution >= 0.6 is 11.6 Å². The molecule has 1 nitrogen and oxygen atoms in total. The highest BCUT2D eigenvalue weighted by molar-refractivity contribution is 6.31. The van der Waals surface area contributed by atoms with E-state index in [1.807, 2.05) is 6.92 Å². The van der Waals surface area contributed by atoms with Crippen LogP contribution in [0.25, 0.3) is 0 Å². The van der Waals surface area contributed by atoms with Crippen LogP contribution in [-0.2, 0) is 6.42 Å². The van der Waals surface area contributed by atoms with Crippen molar-refractivity contribution >= 4 is 11.6 Å². The van der Waals surface area contributed by atoms with Crippen molar-refractivity contribution in [3.63, 3.8) is 0 Å². The normalized spacial score (nSPS) is 17.7. The monoisotopic (exact) mass is 241 g/mol. The second-order valence-electron chi connectivity index (χ2n) is 4.57. The summed E-state index contributed by atoms with van der Waals surface area (Å²) in [7, 11) is 0. The lowest BCUT2D eigenvalue weighted by atomic mass is 9.89. The first-order chi connectivity index (χ1) is 7.66. The van der Waals surface area contributed by atoms with Crippen molar-refractivity contribution in [3.05, 3.63) is 34.1 Å². The molecular formula is C13H17ClFN. The Labute approximate surface area is 101 Å². The van der Waals surface area contributed by atoms with Gasteiger partial charge in [0, 0.05) is 5.02 Å². The summed E-state index contributed by atoms with van der Waals surface area (Å²) in [6.07, 6.45) is 3.30. The Bertz CT molecular complexity index is 372. The Hall–Kier alpha value is -0.600. The topological polar surface area (TPSA) is 12.0 Å². The summed E-state index contributed by atoms with van der Waals surface area (Å²) in [6, 6.07) is 3.02. The van der Waals surface area contributed by atoms with E-state index in [4.69, 9.17) is 11.6 Å². The number of benzene rings is 1. The number of nitrogens with one attached hydrogen (secondary N) is 1. The van der Waals surface area contributed by atoms with Gasteiger partial charge in [0.25, 0.3) is 0 Å². The first-order valence-electron chi connectivity index (χ1n) is 5.82. The Morgan fingerprint density at radius 2 is 2.06 bits per heavy atom. The highest BCUT2D eigenvalue weighted by atomic mass is 35.5. The van der Waals surface area contributed by atoms with Crippen LogP contribution in [0.1, 0.15) is 24.0 Å². The van der Waals surface area contributed by atoms with Crippen LogP contribution < -0.4 is 5.32 Å². The van der Waals surface area contributed by atoms with E-state index in [2.05, 4.69) is 5.32 Å². The molecule has 2 rings (SSSR count). The van der Waals surface area contributed by atoms with Crippen LogP contribution in [0.5, 0.6) is 0 Å². The molecule has 1 saturated heterocycles. The van der Waals surface area contributed by atoms with Crippen molar-refractivity contribution in [2.75, 3.05) is 13.1 Å². The molecule has 1 heterocycles. The molecule has 0 spiro atoms. The highest BCUT2D eigenvalue weighted by Gasteiger charge is 2.15. The van der Waals surface area contributed by atoms with Crippen molar-refractivity contribution in [3.8, 4) is 0 Å². The molecule has 1 aliphatic rings. The Balaban J connectivity index is 2.13. The fraction of sp³-hybridized carbons (Fsp3) is 0.538. The van der Waals surface area contributed by atoms with Gasteiger partial charge in [-0.05, 0) is 68.5 Å². The molecular weight excluding hydrogens is 225 g/mol. The van der Waals surface area contributed by atoms with Crippen molar-refractivity contribution in [1.82, 2.24) is 5.32 Å². The summed E-state index contributed by atoms with van der Waals surface area (Å²) in [4.78, 5) is 0. The second kappa shape index (κ2) is 5.15. The second-order valence-corrected chi connectivity index (χ2v) is 4.98. The largest absolute Gasteiger partial charge is 0.317 e. The number of piperidine rings is 1. The van der Waals surface area contributed by atoms with Crippen LogP contribution in [-0.4, -0.2) is 13.1 Å². The van der Waals surface area contributed by atoms with Crippen LogP contribution in [0, 0.1) is 18.7 Å². The summed E-state index contributed by atoms with van der Waals surface area (Å²) < 4.78 is 13.3. The van der Waals surface area contributed by atoms with Crippen LogP contribution in [0.4, 0.5) is 4.39 Å². The molecule has 0 saturated carbocycles. The molecule has 88 valence electrons. The molecule has 1 N–H and O–H groups in total. The third-order valence-electron chi connectivity index (χ3n) is 3.38. The van der Waals surface area contributed by atoms with E-state index in [1.165, 1.54) is 18.9 Å². The Morgan fingerprint density at radius 3 is 2.75 bits per heavy atom. The van der Waals surface area contributed by atoms with Gasteiger partial charge in [-0.15, -0.1) is 0 Å². The maximum atomic E-state index is 13.3. The van der Waals surface area contributed by atoms with Crippen molar-refractivity contribution < 1.29 is 4.39 Å². The Kier molecular flexibility index (Phi) is 3.82. The fourth-order valence-electron chi connectivity index (χ4n) is 2.31. The quantitative estimate of drug-likeness (QED) is 0.838.